The second kappa shape index (κ2) is 11.7. The summed E-state index contributed by atoms with van der Waals surface area (Å²) in [6.45, 7) is -4.40. The molecule has 4 nitrogen and oxygen atoms in total. The van der Waals surface area contributed by atoms with Gasteiger partial charge >= 0.3 is 13.2 Å². The predicted molar refractivity (Wildman–Crippen MR) is 129 cm³/mol. The lowest BCUT2D eigenvalue weighted by Crippen LogP contribution is -2.37. The Bertz CT molecular complexity index is 1150. The molecule has 0 atom stereocenters. The fourth-order valence-electron chi connectivity index (χ4n) is 3.96. The summed E-state index contributed by atoms with van der Waals surface area (Å²) in [6, 6.07) is 22.0. The molecule has 0 unspecified atom stereocenters. The van der Waals surface area contributed by atoms with Gasteiger partial charge in [-0.1, -0.05) is 54.6 Å². The van der Waals surface area contributed by atoms with Gasteiger partial charge in [-0.15, -0.1) is 0 Å². The van der Waals surface area contributed by atoms with Crippen LogP contribution in [0.3, 0.4) is 0 Å². The van der Waals surface area contributed by atoms with Gasteiger partial charge in [0.25, 0.3) is 0 Å². The lowest BCUT2D eigenvalue weighted by atomic mass is 9.94. The highest BCUT2D eigenvalue weighted by Crippen LogP contribution is 2.25. The third kappa shape index (κ3) is 7.05. The van der Waals surface area contributed by atoms with Crippen molar-refractivity contribution in [1.82, 2.24) is 4.90 Å². The molecule has 0 aromatic heterocycles. The predicted octanol–water partition coefficient (Wildman–Crippen LogP) is 6.44. The Hall–Kier alpha value is -3.91. The summed E-state index contributed by atoms with van der Waals surface area (Å²) in [4.78, 5) is 15.5. The summed E-state index contributed by atoms with van der Waals surface area (Å²) in [6.07, 6.45) is 3.47. The van der Waals surface area contributed by atoms with Crippen LogP contribution >= 0.6 is 0 Å². The largest absolute Gasteiger partial charge is 0.435 e. The molecule has 0 saturated carbocycles. The van der Waals surface area contributed by atoms with Crippen LogP contribution in [0.4, 0.5) is 17.6 Å². The lowest BCUT2D eigenvalue weighted by Gasteiger charge is -2.30. The number of rotatable bonds is 8. The van der Waals surface area contributed by atoms with Crippen LogP contribution in [0.1, 0.15) is 16.7 Å². The van der Waals surface area contributed by atoms with Crippen molar-refractivity contribution >= 4 is 17.9 Å². The second-order valence-corrected chi connectivity index (χ2v) is 8.19. The third-order valence-electron chi connectivity index (χ3n) is 5.51. The summed E-state index contributed by atoms with van der Waals surface area (Å²) in [7, 11) is 0. The van der Waals surface area contributed by atoms with Crippen LogP contribution in [0.2, 0.25) is 0 Å². The molecule has 0 N–H and O–H groups in total. The number of ether oxygens (including phenoxy) is 2. The Labute approximate surface area is 206 Å². The maximum atomic E-state index is 13.3. The molecule has 0 aliphatic carbocycles. The molecule has 1 fully saturated rings. The standard InChI is InChI=1S/C28H23F4NO3/c29-27(30)35-24-10-6-19(7-11-24)14-22-17-33(16-21-4-2-1-3-5-21)18-23(26(22)34)15-20-8-12-25(13-9-20)36-28(31)32/h1-15,27-28H,16-18H2/b22-14-,23-15+. The van der Waals surface area contributed by atoms with Crippen molar-refractivity contribution in [3.05, 3.63) is 107 Å². The highest BCUT2D eigenvalue weighted by molar-refractivity contribution is 6.14. The minimum absolute atomic E-state index is 0.0349. The number of piperidine rings is 1. The molecule has 8 heteroatoms. The maximum Gasteiger partial charge on any atom is 0.387 e. The van der Waals surface area contributed by atoms with E-state index in [1.807, 2.05) is 30.3 Å². The van der Waals surface area contributed by atoms with Crippen molar-refractivity contribution in [3.8, 4) is 11.5 Å². The molecule has 0 amide bonds. The Morgan fingerprint density at radius 1 is 0.694 bits per heavy atom. The van der Waals surface area contributed by atoms with E-state index >= 15 is 0 Å². The molecule has 1 heterocycles. The highest BCUT2D eigenvalue weighted by atomic mass is 19.3. The van der Waals surface area contributed by atoms with E-state index in [0.717, 1.165) is 5.56 Å². The first-order valence-corrected chi connectivity index (χ1v) is 11.2. The van der Waals surface area contributed by atoms with Crippen LogP contribution in [0.5, 0.6) is 11.5 Å². The van der Waals surface area contributed by atoms with Crippen molar-refractivity contribution in [1.29, 1.82) is 0 Å². The fourth-order valence-corrected chi connectivity index (χ4v) is 3.96. The Kier molecular flexibility index (Phi) is 8.17. The van der Waals surface area contributed by atoms with E-state index < -0.39 is 13.2 Å². The first kappa shape index (κ1) is 25.2. The van der Waals surface area contributed by atoms with Gasteiger partial charge < -0.3 is 9.47 Å². The Balaban J connectivity index is 1.61. The van der Waals surface area contributed by atoms with Crippen molar-refractivity contribution in [2.45, 2.75) is 19.8 Å². The molecule has 4 rings (SSSR count). The normalized spacial score (nSPS) is 16.8. The van der Waals surface area contributed by atoms with Gasteiger partial charge in [0.05, 0.1) is 0 Å². The average Bonchev–Trinajstić information content (AvgIpc) is 2.84. The van der Waals surface area contributed by atoms with Gasteiger partial charge in [-0.3, -0.25) is 9.69 Å². The smallest absolute Gasteiger partial charge is 0.387 e. The van der Waals surface area contributed by atoms with Crippen molar-refractivity contribution in [3.63, 3.8) is 0 Å². The van der Waals surface area contributed by atoms with Gasteiger partial charge in [-0.25, -0.2) is 0 Å². The minimum atomic E-state index is -2.91. The number of hydrogen-bond acceptors (Lipinski definition) is 4. The number of nitrogens with zero attached hydrogens (tertiary/aromatic N) is 1. The average molecular weight is 497 g/mol. The molecule has 1 aliphatic rings. The van der Waals surface area contributed by atoms with Gasteiger partial charge in [0, 0.05) is 30.8 Å². The van der Waals surface area contributed by atoms with Crippen LogP contribution in [0.15, 0.2) is 90.0 Å². The summed E-state index contributed by atoms with van der Waals surface area (Å²) < 4.78 is 58.5. The quantitative estimate of drug-likeness (QED) is 0.265. The Morgan fingerprint density at radius 3 is 1.56 bits per heavy atom. The number of halogens is 4. The summed E-state index contributed by atoms with van der Waals surface area (Å²) >= 11 is 0. The molecule has 0 spiro atoms. The summed E-state index contributed by atoms with van der Waals surface area (Å²) in [5, 5.41) is 0. The van der Waals surface area contributed by atoms with Crippen molar-refractivity contribution < 1.29 is 31.8 Å². The molecule has 3 aromatic carbocycles. The van der Waals surface area contributed by atoms with E-state index in [4.69, 9.17) is 0 Å². The molecule has 3 aromatic rings. The monoisotopic (exact) mass is 497 g/mol. The zero-order chi connectivity index (χ0) is 25.5. The van der Waals surface area contributed by atoms with E-state index in [0.29, 0.717) is 41.9 Å². The van der Waals surface area contributed by atoms with Gasteiger partial charge in [-0.05, 0) is 53.1 Å². The molecular formula is C28H23F4NO3. The molecular weight excluding hydrogens is 474 g/mol. The minimum Gasteiger partial charge on any atom is -0.435 e. The highest BCUT2D eigenvalue weighted by Gasteiger charge is 2.26. The molecule has 1 saturated heterocycles. The molecule has 36 heavy (non-hydrogen) atoms. The number of benzene rings is 3. The zero-order valence-electron chi connectivity index (χ0n) is 19.1. The van der Waals surface area contributed by atoms with Crippen molar-refractivity contribution in [2.75, 3.05) is 13.1 Å². The van der Waals surface area contributed by atoms with E-state index in [-0.39, 0.29) is 17.3 Å². The third-order valence-corrected chi connectivity index (χ3v) is 5.51. The number of carbonyl (C=O) groups is 1. The summed E-state index contributed by atoms with van der Waals surface area (Å²) in [5.74, 6) is -0.0690. The molecule has 0 radical (unpaired) electrons. The first-order valence-electron chi connectivity index (χ1n) is 11.2. The number of carbonyl (C=O) groups excluding carboxylic acids is 1. The fraction of sp³-hybridized carbons (Fsp3) is 0.179. The SMILES string of the molecule is O=C1/C(=C\c2ccc(OC(F)F)cc2)CN(Cc2ccccc2)C/C1=C\c1ccc(OC(F)F)cc1. The van der Waals surface area contributed by atoms with Crippen LogP contribution in [0.25, 0.3) is 12.2 Å². The number of alkyl halides is 4. The molecule has 1 aliphatic heterocycles. The van der Waals surface area contributed by atoms with Crippen LogP contribution in [-0.2, 0) is 11.3 Å². The number of hydrogen-bond donors (Lipinski definition) is 0. The zero-order valence-corrected chi connectivity index (χ0v) is 19.1. The van der Waals surface area contributed by atoms with Gasteiger partial charge in [0.2, 0.25) is 0 Å². The van der Waals surface area contributed by atoms with E-state index in [1.165, 1.54) is 24.3 Å². The van der Waals surface area contributed by atoms with Gasteiger partial charge in [-0.2, -0.15) is 17.6 Å². The number of likely N-dealkylation sites (tertiary alicyclic amines) is 1. The van der Waals surface area contributed by atoms with Crippen LogP contribution < -0.4 is 9.47 Å². The molecule has 0 bridgehead atoms. The van der Waals surface area contributed by atoms with Gasteiger partial charge in [0.1, 0.15) is 11.5 Å². The van der Waals surface area contributed by atoms with Crippen molar-refractivity contribution in [2.24, 2.45) is 0 Å². The number of Topliss-reactive ketones (excluding diaryl/α,β-unsaturated/α-hetero) is 1. The van der Waals surface area contributed by atoms with E-state index in [2.05, 4.69) is 14.4 Å². The Morgan fingerprint density at radius 2 is 1.14 bits per heavy atom. The summed E-state index contributed by atoms with van der Waals surface area (Å²) in [5.41, 5.74) is 3.53. The first-order chi connectivity index (χ1) is 17.4. The van der Waals surface area contributed by atoms with Gasteiger partial charge in [0.15, 0.2) is 5.78 Å². The topological polar surface area (TPSA) is 38.8 Å². The van der Waals surface area contributed by atoms with E-state index in [1.54, 1.807) is 36.4 Å². The lowest BCUT2D eigenvalue weighted by molar-refractivity contribution is -0.113. The second-order valence-electron chi connectivity index (χ2n) is 8.19. The maximum absolute atomic E-state index is 13.3. The van der Waals surface area contributed by atoms with Crippen LogP contribution in [0, 0.1) is 0 Å². The van der Waals surface area contributed by atoms with Crippen LogP contribution in [-0.4, -0.2) is 37.0 Å². The molecule has 186 valence electrons. The number of ketones is 1. The van der Waals surface area contributed by atoms with E-state index in [9.17, 15) is 22.4 Å².